The molecule has 0 aliphatic rings. The highest BCUT2D eigenvalue weighted by molar-refractivity contribution is 9.11. The molecule has 1 aromatic carbocycles. The summed E-state index contributed by atoms with van der Waals surface area (Å²) >= 11 is 6.87. The average Bonchev–Trinajstić information content (AvgIpc) is 2.48. The van der Waals surface area contributed by atoms with Crippen LogP contribution in [0.2, 0.25) is 0 Å². The van der Waals surface area contributed by atoms with Crippen LogP contribution in [0.3, 0.4) is 0 Å². The smallest absolute Gasteiger partial charge is 0.219 e. The number of nitrogens with zero attached hydrogens (tertiary/aromatic N) is 1. The van der Waals surface area contributed by atoms with E-state index in [1.165, 1.54) is 0 Å². The Balaban J connectivity index is 1.92. The van der Waals surface area contributed by atoms with Gasteiger partial charge in [0.2, 0.25) is 5.88 Å². The Bertz CT molecular complexity index is 576. The molecule has 2 aromatic rings. The average molecular weight is 416 g/mol. The monoisotopic (exact) mass is 414 g/mol. The van der Waals surface area contributed by atoms with Gasteiger partial charge >= 0.3 is 0 Å². The molecule has 0 fully saturated rings. The van der Waals surface area contributed by atoms with E-state index in [1.807, 2.05) is 36.5 Å². The molecule has 112 valence electrons. The molecule has 0 unspecified atom stereocenters. The van der Waals surface area contributed by atoms with Crippen LogP contribution in [0.1, 0.15) is 5.56 Å². The number of methoxy groups -OCH3 is 1. The van der Waals surface area contributed by atoms with Crippen LogP contribution < -0.4 is 10.1 Å². The molecule has 0 spiro atoms. The van der Waals surface area contributed by atoms with Crippen LogP contribution in [0.5, 0.6) is 11.6 Å². The summed E-state index contributed by atoms with van der Waals surface area (Å²) in [6, 6.07) is 9.60. The van der Waals surface area contributed by atoms with Gasteiger partial charge in [-0.3, -0.25) is 0 Å². The first-order chi connectivity index (χ1) is 10.2. The number of rotatable bonds is 7. The second kappa shape index (κ2) is 8.48. The number of aromatic nitrogens is 1. The van der Waals surface area contributed by atoms with E-state index in [2.05, 4.69) is 42.2 Å². The third kappa shape index (κ3) is 5.39. The van der Waals surface area contributed by atoms with E-state index in [0.717, 1.165) is 33.3 Å². The Morgan fingerprint density at radius 2 is 2.05 bits per heavy atom. The molecule has 1 aromatic heterocycles. The molecule has 1 heterocycles. The second-order valence-electron chi connectivity index (χ2n) is 4.35. The van der Waals surface area contributed by atoms with Crippen molar-refractivity contribution < 1.29 is 9.47 Å². The topological polar surface area (TPSA) is 43.4 Å². The number of ether oxygens (including phenoxy) is 2. The van der Waals surface area contributed by atoms with Crippen molar-refractivity contribution >= 4 is 31.9 Å². The van der Waals surface area contributed by atoms with Gasteiger partial charge < -0.3 is 14.8 Å². The number of halogens is 2. The fourth-order valence-corrected chi connectivity index (χ4v) is 2.78. The molecule has 1 N–H and O–H groups in total. The van der Waals surface area contributed by atoms with Crippen molar-refractivity contribution in [3.8, 4) is 11.6 Å². The first kappa shape index (κ1) is 16.4. The van der Waals surface area contributed by atoms with E-state index in [9.17, 15) is 0 Å². The summed E-state index contributed by atoms with van der Waals surface area (Å²) in [5, 5.41) is 3.27. The minimum atomic E-state index is 0.568. The Morgan fingerprint density at radius 1 is 1.19 bits per heavy atom. The first-order valence-corrected chi connectivity index (χ1v) is 8.05. The maximum absolute atomic E-state index is 5.74. The highest BCUT2D eigenvalue weighted by Gasteiger charge is 2.04. The van der Waals surface area contributed by atoms with Gasteiger partial charge in [0.05, 0.1) is 11.1 Å². The molecule has 0 radical (unpaired) electrons. The number of benzene rings is 1. The van der Waals surface area contributed by atoms with Gasteiger partial charge in [-0.2, -0.15) is 0 Å². The molecular weight excluding hydrogens is 400 g/mol. The van der Waals surface area contributed by atoms with Crippen LogP contribution in [0.25, 0.3) is 0 Å². The van der Waals surface area contributed by atoms with Crippen molar-refractivity contribution in [2.45, 2.75) is 6.54 Å². The van der Waals surface area contributed by atoms with Crippen LogP contribution in [-0.4, -0.2) is 25.2 Å². The highest BCUT2D eigenvalue weighted by atomic mass is 79.9. The zero-order valence-corrected chi connectivity index (χ0v) is 14.8. The van der Waals surface area contributed by atoms with Gasteiger partial charge in [0.1, 0.15) is 5.75 Å². The molecular formula is C15H16Br2N2O2. The van der Waals surface area contributed by atoms with E-state index in [-0.39, 0.29) is 0 Å². The lowest BCUT2D eigenvalue weighted by Gasteiger charge is -2.08. The Labute approximate surface area is 141 Å². The van der Waals surface area contributed by atoms with Crippen LogP contribution >= 0.6 is 31.9 Å². The lowest BCUT2D eigenvalue weighted by atomic mass is 10.3. The zero-order chi connectivity index (χ0) is 15.1. The maximum Gasteiger partial charge on any atom is 0.219 e. The SMILES string of the molecule is COCCNCc1ccc(Oc2ccc(Br)cc2Br)nc1. The minimum absolute atomic E-state index is 0.568. The number of pyridine rings is 1. The highest BCUT2D eigenvalue weighted by Crippen LogP contribution is 2.31. The van der Waals surface area contributed by atoms with E-state index in [4.69, 9.17) is 9.47 Å². The summed E-state index contributed by atoms with van der Waals surface area (Å²) in [4.78, 5) is 4.31. The standard InChI is InChI=1S/C15H16Br2N2O2/c1-20-7-6-18-9-11-2-5-15(19-10-11)21-14-4-3-12(16)8-13(14)17/h2-5,8,10,18H,6-7,9H2,1H3. The summed E-state index contributed by atoms with van der Waals surface area (Å²) in [6.07, 6.45) is 1.81. The van der Waals surface area contributed by atoms with Crippen LogP contribution in [0.4, 0.5) is 0 Å². The fraction of sp³-hybridized carbons (Fsp3) is 0.267. The molecule has 0 bridgehead atoms. The molecule has 0 atom stereocenters. The van der Waals surface area contributed by atoms with Crippen molar-refractivity contribution in [1.29, 1.82) is 0 Å². The molecule has 0 aliphatic heterocycles. The molecule has 2 rings (SSSR count). The lowest BCUT2D eigenvalue weighted by molar-refractivity contribution is 0.199. The lowest BCUT2D eigenvalue weighted by Crippen LogP contribution is -2.18. The van der Waals surface area contributed by atoms with Crippen molar-refractivity contribution in [3.63, 3.8) is 0 Å². The largest absolute Gasteiger partial charge is 0.438 e. The van der Waals surface area contributed by atoms with E-state index >= 15 is 0 Å². The minimum Gasteiger partial charge on any atom is -0.438 e. The Kier molecular flexibility index (Phi) is 6.63. The number of nitrogens with one attached hydrogen (secondary N) is 1. The van der Waals surface area contributed by atoms with Gasteiger partial charge in [0.25, 0.3) is 0 Å². The predicted octanol–water partition coefficient (Wildman–Crippen LogP) is 4.13. The number of hydrogen-bond donors (Lipinski definition) is 1. The molecule has 6 heteroatoms. The summed E-state index contributed by atoms with van der Waals surface area (Å²) in [5.41, 5.74) is 1.10. The fourth-order valence-electron chi connectivity index (χ4n) is 1.65. The van der Waals surface area contributed by atoms with Crippen LogP contribution in [0, 0.1) is 0 Å². The third-order valence-corrected chi connectivity index (χ3v) is 3.83. The number of hydrogen-bond acceptors (Lipinski definition) is 4. The summed E-state index contributed by atoms with van der Waals surface area (Å²) < 4.78 is 12.6. The van der Waals surface area contributed by atoms with Gasteiger partial charge in [-0.25, -0.2) is 4.98 Å². The van der Waals surface area contributed by atoms with E-state index in [1.54, 1.807) is 7.11 Å². The van der Waals surface area contributed by atoms with Gasteiger partial charge in [-0.1, -0.05) is 22.0 Å². The Hall–Kier alpha value is -0.950. The quantitative estimate of drug-likeness (QED) is 0.690. The summed E-state index contributed by atoms with van der Waals surface area (Å²) in [7, 11) is 1.69. The third-order valence-electron chi connectivity index (χ3n) is 2.72. The molecule has 0 saturated heterocycles. The van der Waals surface area contributed by atoms with Gasteiger partial charge in [-0.05, 0) is 39.7 Å². The predicted molar refractivity (Wildman–Crippen MR) is 89.7 cm³/mol. The van der Waals surface area contributed by atoms with Crippen molar-refractivity contribution in [2.24, 2.45) is 0 Å². The van der Waals surface area contributed by atoms with Gasteiger partial charge in [0.15, 0.2) is 0 Å². The van der Waals surface area contributed by atoms with Gasteiger partial charge in [-0.15, -0.1) is 0 Å². The summed E-state index contributed by atoms with van der Waals surface area (Å²) in [5.74, 6) is 1.30. The van der Waals surface area contributed by atoms with Crippen molar-refractivity contribution in [2.75, 3.05) is 20.3 Å². The molecule has 4 nitrogen and oxygen atoms in total. The second-order valence-corrected chi connectivity index (χ2v) is 6.12. The normalized spacial score (nSPS) is 10.6. The van der Waals surface area contributed by atoms with Crippen molar-refractivity contribution in [3.05, 3.63) is 51.0 Å². The summed E-state index contributed by atoms with van der Waals surface area (Å²) in [6.45, 7) is 2.28. The molecule has 0 aliphatic carbocycles. The maximum atomic E-state index is 5.74. The molecule has 0 amide bonds. The van der Waals surface area contributed by atoms with Crippen LogP contribution in [0.15, 0.2) is 45.5 Å². The Morgan fingerprint density at radius 3 is 2.71 bits per heavy atom. The zero-order valence-electron chi connectivity index (χ0n) is 11.6. The molecule has 21 heavy (non-hydrogen) atoms. The molecule has 0 saturated carbocycles. The van der Waals surface area contributed by atoms with Gasteiger partial charge in [0, 0.05) is 36.9 Å². The van der Waals surface area contributed by atoms with Crippen LogP contribution in [-0.2, 0) is 11.3 Å². The van der Waals surface area contributed by atoms with Crippen molar-refractivity contribution in [1.82, 2.24) is 10.3 Å². The first-order valence-electron chi connectivity index (χ1n) is 6.46. The van der Waals surface area contributed by atoms with E-state index in [0.29, 0.717) is 12.5 Å². The van der Waals surface area contributed by atoms with E-state index < -0.39 is 0 Å².